The molecule has 0 radical (unpaired) electrons. The van der Waals surface area contributed by atoms with Crippen LogP contribution in [0.15, 0.2) is 30.3 Å². The molecule has 0 unspecified atom stereocenters. The van der Waals surface area contributed by atoms with E-state index in [2.05, 4.69) is 5.32 Å². The molecule has 2 amide bonds. The summed E-state index contributed by atoms with van der Waals surface area (Å²) in [4.78, 5) is 26.9. The van der Waals surface area contributed by atoms with Crippen LogP contribution in [0.2, 0.25) is 0 Å². The van der Waals surface area contributed by atoms with Gasteiger partial charge in [-0.15, -0.1) is 0 Å². The van der Waals surface area contributed by atoms with Gasteiger partial charge in [0.15, 0.2) is 0 Å². The van der Waals surface area contributed by atoms with Crippen LogP contribution < -0.4 is 5.32 Å². The number of hydrogen-bond donors (Lipinski definition) is 1. The number of benzene rings is 1. The molecule has 0 bridgehead atoms. The lowest BCUT2D eigenvalue weighted by atomic mass is 10.00. The van der Waals surface area contributed by atoms with Gasteiger partial charge in [-0.05, 0) is 32.3 Å². The number of nitrogens with one attached hydrogen (secondary N) is 1. The van der Waals surface area contributed by atoms with Crippen molar-refractivity contribution in [1.82, 2.24) is 10.2 Å². The summed E-state index contributed by atoms with van der Waals surface area (Å²) in [6.07, 6.45) is 1.56. The fourth-order valence-corrected chi connectivity index (χ4v) is 2.57. The van der Waals surface area contributed by atoms with Gasteiger partial charge >= 0.3 is 0 Å². The maximum absolute atomic E-state index is 12.8. The van der Waals surface area contributed by atoms with E-state index in [1.165, 1.54) is 0 Å². The third kappa shape index (κ3) is 4.58. The first kappa shape index (κ1) is 18.2. The summed E-state index contributed by atoms with van der Waals surface area (Å²) in [5.74, 6) is -0.134. The number of likely N-dealkylation sites (N-methyl/N-ethyl adjacent to an activating group) is 1. The zero-order valence-electron chi connectivity index (χ0n) is 14.1. The molecule has 0 fully saturated rings. The average Bonchev–Trinajstić information content (AvgIpc) is 2.55. The summed E-state index contributed by atoms with van der Waals surface area (Å²) >= 11 is 0. The Hall–Kier alpha value is -1.84. The van der Waals surface area contributed by atoms with Crippen molar-refractivity contribution in [2.75, 3.05) is 13.1 Å². The van der Waals surface area contributed by atoms with E-state index in [0.717, 1.165) is 18.4 Å². The molecule has 1 aromatic rings. The van der Waals surface area contributed by atoms with Crippen molar-refractivity contribution >= 4 is 11.8 Å². The normalized spacial score (nSPS) is 12.0. The van der Waals surface area contributed by atoms with Crippen LogP contribution in [0.3, 0.4) is 0 Å². The van der Waals surface area contributed by atoms with Crippen molar-refractivity contribution in [2.24, 2.45) is 5.92 Å². The maximum Gasteiger partial charge on any atom is 0.249 e. The standard InChI is InChI=1S/C18H28N2O2/c1-5-14(6-2)17(21)19-16(15-12-10-9-11-13-15)18(22)20(7-3)8-4/h9-14,16H,5-8H2,1-4H3,(H,19,21)/t16-/m0/s1. The van der Waals surface area contributed by atoms with Gasteiger partial charge < -0.3 is 10.2 Å². The van der Waals surface area contributed by atoms with E-state index in [1.807, 2.05) is 58.0 Å². The van der Waals surface area contributed by atoms with Crippen molar-refractivity contribution < 1.29 is 9.59 Å². The smallest absolute Gasteiger partial charge is 0.249 e. The Labute approximate surface area is 133 Å². The van der Waals surface area contributed by atoms with E-state index in [9.17, 15) is 9.59 Å². The van der Waals surface area contributed by atoms with E-state index < -0.39 is 6.04 Å². The fourth-order valence-electron chi connectivity index (χ4n) is 2.57. The topological polar surface area (TPSA) is 49.4 Å². The van der Waals surface area contributed by atoms with Crippen LogP contribution in [0.1, 0.15) is 52.1 Å². The average molecular weight is 304 g/mol. The monoisotopic (exact) mass is 304 g/mol. The molecule has 1 atom stereocenters. The van der Waals surface area contributed by atoms with Gasteiger partial charge in [-0.3, -0.25) is 9.59 Å². The fraction of sp³-hybridized carbons (Fsp3) is 0.556. The van der Waals surface area contributed by atoms with Crippen LogP contribution in [-0.2, 0) is 9.59 Å². The first-order valence-corrected chi connectivity index (χ1v) is 8.22. The molecule has 0 saturated heterocycles. The Morgan fingerprint density at radius 2 is 1.55 bits per heavy atom. The SMILES string of the molecule is CCC(CC)C(=O)N[C@H](C(=O)N(CC)CC)c1ccccc1. The van der Waals surface area contributed by atoms with Crippen LogP contribution >= 0.6 is 0 Å². The summed E-state index contributed by atoms with van der Waals surface area (Å²) in [6, 6.07) is 8.86. The Morgan fingerprint density at radius 1 is 1.00 bits per heavy atom. The van der Waals surface area contributed by atoms with E-state index in [1.54, 1.807) is 4.90 Å². The summed E-state index contributed by atoms with van der Waals surface area (Å²) in [5.41, 5.74) is 0.832. The van der Waals surface area contributed by atoms with Crippen LogP contribution in [0.5, 0.6) is 0 Å². The first-order chi connectivity index (χ1) is 10.6. The lowest BCUT2D eigenvalue weighted by Crippen LogP contribution is -2.44. The van der Waals surface area contributed by atoms with Crippen molar-refractivity contribution in [3.8, 4) is 0 Å². The highest BCUT2D eigenvalue weighted by Crippen LogP contribution is 2.18. The van der Waals surface area contributed by atoms with Gasteiger partial charge in [0.25, 0.3) is 0 Å². The van der Waals surface area contributed by atoms with E-state index in [-0.39, 0.29) is 17.7 Å². The molecule has 22 heavy (non-hydrogen) atoms. The quantitative estimate of drug-likeness (QED) is 0.802. The first-order valence-electron chi connectivity index (χ1n) is 8.22. The van der Waals surface area contributed by atoms with Crippen LogP contribution in [0.4, 0.5) is 0 Å². The van der Waals surface area contributed by atoms with Gasteiger partial charge in [-0.1, -0.05) is 44.2 Å². The number of carbonyl (C=O) groups is 2. The third-order valence-corrected chi connectivity index (χ3v) is 4.10. The zero-order valence-corrected chi connectivity index (χ0v) is 14.1. The van der Waals surface area contributed by atoms with Gasteiger partial charge in [-0.25, -0.2) is 0 Å². The molecule has 0 aliphatic carbocycles. The lowest BCUT2D eigenvalue weighted by molar-refractivity contribution is -0.137. The minimum atomic E-state index is -0.603. The number of hydrogen-bond acceptors (Lipinski definition) is 2. The number of carbonyl (C=O) groups excluding carboxylic acids is 2. The molecule has 1 aromatic carbocycles. The van der Waals surface area contributed by atoms with Crippen molar-refractivity contribution in [1.29, 1.82) is 0 Å². The molecule has 122 valence electrons. The number of amides is 2. The second-order valence-electron chi connectivity index (χ2n) is 5.38. The molecule has 0 aliphatic rings. The molecule has 0 aliphatic heterocycles. The number of rotatable bonds is 8. The largest absolute Gasteiger partial charge is 0.341 e. The van der Waals surface area contributed by atoms with Crippen molar-refractivity contribution in [3.05, 3.63) is 35.9 Å². The molecule has 4 nitrogen and oxygen atoms in total. The van der Waals surface area contributed by atoms with Crippen LogP contribution in [0.25, 0.3) is 0 Å². The highest BCUT2D eigenvalue weighted by Gasteiger charge is 2.27. The molecule has 0 saturated carbocycles. The van der Waals surface area contributed by atoms with Gasteiger partial charge in [0.1, 0.15) is 6.04 Å². The molecular weight excluding hydrogens is 276 g/mol. The van der Waals surface area contributed by atoms with E-state index in [4.69, 9.17) is 0 Å². The Balaban J connectivity index is 3.02. The zero-order chi connectivity index (χ0) is 16.5. The van der Waals surface area contributed by atoms with Crippen LogP contribution in [-0.4, -0.2) is 29.8 Å². The van der Waals surface area contributed by atoms with E-state index >= 15 is 0 Å². The van der Waals surface area contributed by atoms with Gasteiger partial charge in [-0.2, -0.15) is 0 Å². The minimum absolute atomic E-state index is 0.0423. The van der Waals surface area contributed by atoms with Crippen LogP contribution in [0, 0.1) is 5.92 Å². The molecule has 0 heterocycles. The van der Waals surface area contributed by atoms with Gasteiger partial charge in [0.05, 0.1) is 0 Å². The Kier molecular flexibility index (Phi) is 7.64. The molecule has 1 rings (SSSR count). The molecule has 1 N–H and O–H groups in total. The second-order valence-corrected chi connectivity index (χ2v) is 5.38. The predicted molar refractivity (Wildman–Crippen MR) is 89.3 cm³/mol. The highest BCUT2D eigenvalue weighted by atomic mass is 16.2. The minimum Gasteiger partial charge on any atom is -0.341 e. The molecule has 0 spiro atoms. The summed E-state index contributed by atoms with van der Waals surface area (Å²) in [6.45, 7) is 9.17. The summed E-state index contributed by atoms with van der Waals surface area (Å²) in [5, 5.41) is 2.95. The van der Waals surface area contributed by atoms with Crippen molar-refractivity contribution in [2.45, 2.75) is 46.6 Å². The maximum atomic E-state index is 12.8. The molecular formula is C18H28N2O2. The van der Waals surface area contributed by atoms with Crippen molar-refractivity contribution in [3.63, 3.8) is 0 Å². The highest BCUT2D eigenvalue weighted by molar-refractivity contribution is 5.89. The predicted octanol–water partition coefficient (Wildman–Crippen LogP) is 3.15. The summed E-state index contributed by atoms with van der Waals surface area (Å²) in [7, 11) is 0. The second kappa shape index (κ2) is 9.23. The van der Waals surface area contributed by atoms with Gasteiger partial charge in [0, 0.05) is 19.0 Å². The molecule has 0 aromatic heterocycles. The molecule has 4 heteroatoms. The Morgan fingerprint density at radius 3 is 2.00 bits per heavy atom. The van der Waals surface area contributed by atoms with E-state index in [0.29, 0.717) is 13.1 Å². The Bertz CT molecular complexity index is 465. The third-order valence-electron chi connectivity index (χ3n) is 4.10. The number of nitrogens with zero attached hydrogens (tertiary/aromatic N) is 1. The summed E-state index contributed by atoms with van der Waals surface area (Å²) < 4.78 is 0. The van der Waals surface area contributed by atoms with Gasteiger partial charge in [0.2, 0.25) is 11.8 Å². The lowest BCUT2D eigenvalue weighted by Gasteiger charge is -2.27.